The molecule has 1 aliphatic heterocycles. The van der Waals surface area contributed by atoms with Crippen LogP contribution in [0.3, 0.4) is 0 Å². The van der Waals surface area contributed by atoms with E-state index in [0.717, 1.165) is 11.3 Å². The molecule has 4 rings (SSSR count). The highest BCUT2D eigenvalue weighted by Crippen LogP contribution is 2.25. The van der Waals surface area contributed by atoms with Crippen LogP contribution >= 0.6 is 0 Å². The van der Waals surface area contributed by atoms with Gasteiger partial charge in [-0.15, -0.1) is 0 Å². The van der Waals surface area contributed by atoms with Gasteiger partial charge >= 0.3 is 0 Å². The molecule has 0 spiro atoms. The van der Waals surface area contributed by atoms with Crippen LogP contribution in [0, 0.1) is 12.7 Å². The van der Waals surface area contributed by atoms with Gasteiger partial charge in [0.2, 0.25) is 5.91 Å². The molecule has 1 aliphatic rings. The van der Waals surface area contributed by atoms with Crippen LogP contribution in [0.2, 0.25) is 0 Å². The minimum Gasteiger partial charge on any atom is -0.378 e. The van der Waals surface area contributed by atoms with Crippen molar-refractivity contribution in [1.29, 1.82) is 0 Å². The second kappa shape index (κ2) is 6.84. The normalized spacial score (nSPS) is 14.8. The van der Waals surface area contributed by atoms with Crippen LogP contribution in [0.4, 0.5) is 4.39 Å². The number of aryl methyl sites for hydroxylation is 1. The number of amides is 1. The topological polar surface area (TPSA) is 59.7 Å². The minimum absolute atomic E-state index is 0.0155. The summed E-state index contributed by atoms with van der Waals surface area (Å²) in [6, 6.07) is 9.89. The number of halogens is 1. The largest absolute Gasteiger partial charge is 0.378 e. The van der Waals surface area contributed by atoms with E-state index >= 15 is 0 Å². The number of carbonyl (C=O) groups excluding carboxylic acids is 1. The third-order valence-electron chi connectivity index (χ3n) is 4.50. The Labute approximate surface area is 150 Å². The van der Waals surface area contributed by atoms with E-state index in [0.29, 0.717) is 43.3 Å². The molecule has 1 amide bonds. The standard InChI is InChI=1S/C19H19FN4O2/c1-13-2-7-17-21-19(14-3-5-15(20)6-4-14)16(24(17)22-13)12-18(25)23-8-10-26-11-9-23/h2-7H,8-12H2,1H3. The second-order valence-corrected chi connectivity index (χ2v) is 6.33. The number of hydrogen-bond donors (Lipinski definition) is 0. The van der Waals surface area contributed by atoms with E-state index in [2.05, 4.69) is 10.1 Å². The summed E-state index contributed by atoms with van der Waals surface area (Å²) in [6.45, 7) is 4.19. The van der Waals surface area contributed by atoms with E-state index in [1.165, 1.54) is 12.1 Å². The van der Waals surface area contributed by atoms with Crippen molar-refractivity contribution in [3.05, 3.63) is 53.6 Å². The Morgan fingerprint density at radius 1 is 1.15 bits per heavy atom. The molecule has 7 heteroatoms. The molecule has 3 aromatic rings. The fourth-order valence-electron chi connectivity index (χ4n) is 3.14. The first-order valence-electron chi connectivity index (χ1n) is 8.58. The van der Waals surface area contributed by atoms with Crippen molar-refractivity contribution in [2.24, 2.45) is 0 Å². The third-order valence-corrected chi connectivity index (χ3v) is 4.50. The maximum absolute atomic E-state index is 13.3. The highest BCUT2D eigenvalue weighted by atomic mass is 19.1. The molecular formula is C19H19FN4O2. The van der Waals surface area contributed by atoms with Crippen LogP contribution < -0.4 is 0 Å². The lowest BCUT2D eigenvalue weighted by Gasteiger charge is -2.26. The number of rotatable bonds is 3. The van der Waals surface area contributed by atoms with Gasteiger partial charge in [-0.25, -0.2) is 13.9 Å². The van der Waals surface area contributed by atoms with Gasteiger partial charge in [0.25, 0.3) is 0 Å². The lowest BCUT2D eigenvalue weighted by molar-refractivity contribution is -0.134. The van der Waals surface area contributed by atoms with Crippen LogP contribution in [-0.4, -0.2) is 51.7 Å². The van der Waals surface area contributed by atoms with Crippen molar-refractivity contribution in [2.45, 2.75) is 13.3 Å². The van der Waals surface area contributed by atoms with E-state index < -0.39 is 0 Å². The number of benzene rings is 1. The molecule has 26 heavy (non-hydrogen) atoms. The molecule has 0 aliphatic carbocycles. The maximum atomic E-state index is 13.3. The van der Waals surface area contributed by atoms with Gasteiger partial charge in [0, 0.05) is 18.7 Å². The van der Waals surface area contributed by atoms with Crippen molar-refractivity contribution in [3.63, 3.8) is 0 Å². The van der Waals surface area contributed by atoms with Gasteiger partial charge in [0.15, 0.2) is 5.65 Å². The molecule has 1 aromatic carbocycles. The Morgan fingerprint density at radius 3 is 2.62 bits per heavy atom. The first kappa shape index (κ1) is 16.7. The average molecular weight is 354 g/mol. The molecular weight excluding hydrogens is 335 g/mol. The Bertz CT molecular complexity index is 946. The molecule has 1 saturated heterocycles. The average Bonchev–Trinajstić information content (AvgIpc) is 3.01. The zero-order valence-electron chi connectivity index (χ0n) is 14.5. The van der Waals surface area contributed by atoms with Crippen LogP contribution in [0.25, 0.3) is 16.9 Å². The third kappa shape index (κ3) is 3.17. The van der Waals surface area contributed by atoms with Gasteiger partial charge in [0.1, 0.15) is 5.82 Å². The van der Waals surface area contributed by atoms with E-state index in [1.54, 1.807) is 21.5 Å². The van der Waals surface area contributed by atoms with Gasteiger partial charge in [-0.2, -0.15) is 5.10 Å². The molecule has 0 radical (unpaired) electrons. The number of imidazole rings is 1. The van der Waals surface area contributed by atoms with Crippen molar-refractivity contribution >= 4 is 11.6 Å². The summed E-state index contributed by atoms with van der Waals surface area (Å²) in [5, 5.41) is 4.52. The van der Waals surface area contributed by atoms with Gasteiger partial charge in [-0.1, -0.05) is 0 Å². The second-order valence-electron chi connectivity index (χ2n) is 6.33. The lowest BCUT2D eigenvalue weighted by Crippen LogP contribution is -2.41. The number of ether oxygens (including phenoxy) is 1. The number of nitrogens with zero attached hydrogens (tertiary/aromatic N) is 4. The highest BCUT2D eigenvalue weighted by Gasteiger charge is 2.22. The summed E-state index contributed by atoms with van der Waals surface area (Å²) >= 11 is 0. The molecule has 0 N–H and O–H groups in total. The molecule has 6 nitrogen and oxygen atoms in total. The van der Waals surface area contributed by atoms with Crippen LogP contribution in [-0.2, 0) is 16.0 Å². The molecule has 2 aromatic heterocycles. The Kier molecular flexibility index (Phi) is 4.38. The van der Waals surface area contributed by atoms with Crippen molar-refractivity contribution < 1.29 is 13.9 Å². The van der Waals surface area contributed by atoms with Gasteiger partial charge < -0.3 is 9.64 Å². The van der Waals surface area contributed by atoms with E-state index in [4.69, 9.17) is 4.74 Å². The Balaban J connectivity index is 1.77. The number of aromatic nitrogens is 3. The Hall–Kier alpha value is -2.80. The fraction of sp³-hybridized carbons (Fsp3) is 0.316. The van der Waals surface area contributed by atoms with Crippen LogP contribution in [0.1, 0.15) is 11.4 Å². The predicted octanol–water partition coefficient (Wildman–Crippen LogP) is 2.25. The van der Waals surface area contributed by atoms with E-state index in [1.807, 2.05) is 19.1 Å². The highest BCUT2D eigenvalue weighted by molar-refractivity contribution is 5.81. The smallest absolute Gasteiger partial charge is 0.228 e. The van der Waals surface area contributed by atoms with E-state index in [-0.39, 0.29) is 18.1 Å². The van der Waals surface area contributed by atoms with Crippen molar-refractivity contribution in [3.8, 4) is 11.3 Å². The summed E-state index contributed by atoms with van der Waals surface area (Å²) in [7, 11) is 0. The van der Waals surface area contributed by atoms with Crippen molar-refractivity contribution in [2.75, 3.05) is 26.3 Å². The number of morpholine rings is 1. The zero-order chi connectivity index (χ0) is 18.1. The number of carbonyl (C=O) groups is 1. The van der Waals surface area contributed by atoms with Crippen molar-refractivity contribution in [1.82, 2.24) is 19.5 Å². The predicted molar refractivity (Wildman–Crippen MR) is 94.2 cm³/mol. The maximum Gasteiger partial charge on any atom is 0.228 e. The van der Waals surface area contributed by atoms with Gasteiger partial charge in [-0.3, -0.25) is 4.79 Å². The first-order chi connectivity index (χ1) is 12.6. The fourth-order valence-corrected chi connectivity index (χ4v) is 3.14. The molecule has 1 fully saturated rings. The summed E-state index contributed by atoms with van der Waals surface area (Å²) in [5.41, 5.74) is 3.64. The summed E-state index contributed by atoms with van der Waals surface area (Å²) in [4.78, 5) is 19.2. The molecule has 3 heterocycles. The van der Waals surface area contributed by atoms with Gasteiger partial charge in [-0.05, 0) is 43.3 Å². The van der Waals surface area contributed by atoms with E-state index in [9.17, 15) is 9.18 Å². The number of fused-ring (bicyclic) bond motifs is 1. The summed E-state index contributed by atoms with van der Waals surface area (Å²) in [6.07, 6.45) is 0.185. The minimum atomic E-state index is -0.308. The molecule has 0 saturated carbocycles. The molecule has 0 unspecified atom stereocenters. The monoisotopic (exact) mass is 354 g/mol. The molecule has 0 atom stereocenters. The van der Waals surface area contributed by atoms with Gasteiger partial charge in [0.05, 0.1) is 36.7 Å². The zero-order valence-corrected chi connectivity index (χ0v) is 14.5. The van der Waals surface area contributed by atoms with Crippen LogP contribution in [0.15, 0.2) is 36.4 Å². The van der Waals surface area contributed by atoms with Crippen LogP contribution in [0.5, 0.6) is 0 Å². The Morgan fingerprint density at radius 2 is 1.88 bits per heavy atom. The lowest BCUT2D eigenvalue weighted by atomic mass is 10.1. The molecule has 0 bridgehead atoms. The molecule has 134 valence electrons. The summed E-state index contributed by atoms with van der Waals surface area (Å²) in [5.74, 6) is -0.292. The SMILES string of the molecule is Cc1ccc2nc(-c3ccc(F)cc3)c(CC(=O)N3CCOCC3)n2n1. The summed E-state index contributed by atoms with van der Waals surface area (Å²) < 4.78 is 20.3. The quantitative estimate of drug-likeness (QED) is 0.724. The number of hydrogen-bond acceptors (Lipinski definition) is 4. The first-order valence-corrected chi connectivity index (χ1v) is 8.58.